The summed E-state index contributed by atoms with van der Waals surface area (Å²) in [6, 6.07) is 0. The van der Waals surface area contributed by atoms with Gasteiger partial charge in [0.25, 0.3) is 0 Å². The zero-order chi connectivity index (χ0) is 16.7. The van der Waals surface area contributed by atoms with Crippen LogP contribution in [0.1, 0.15) is 117 Å². The fourth-order valence-electron chi connectivity index (χ4n) is 2.90. The maximum atomic E-state index is 10.6. The third-order valence-electron chi connectivity index (χ3n) is 4.35. The van der Waals surface area contributed by atoms with Crippen LogP contribution in [0.15, 0.2) is 0 Å². The Morgan fingerprint density at radius 2 is 0.955 bits per heavy atom. The van der Waals surface area contributed by atoms with Crippen molar-refractivity contribution >= 4 is 5.91 Å². The van der Waals surface area contributed by atoms with Crippen LogP contribution in [0, 0.1) is 5.41 Å². The highest BCUT2D eigenvalue weighted by atomic mass is 16.1. The molecule has 0 aliphatic rings. The van der Waals surface area contributed by atoms with Crippen LogP contribution in [0.5, 0.6) is 0 Å². The van der Waals surface area contributed by atoms with Crippen molar-refractivity contribution in [1.29, 1.82) is 0 Å². The minimum absolute atomic E-state index is 0.154. The van der Waals surface area contributed by atoms with Gasteiger partial charge in [-0.05, 0) is 18.3 Å². The van der Waals surface area contributed by atoms with Gasteiger partial charge in [-0.2, -0.15) is 0 Å². The van der Waals surface area contributed by atoms with E-state index in [9.17, 15) is 4.79 Å². The molecule has 1 amide bonds. The molecule has 0 aliphatic heterocycles. The molecule has 0 aromatic carbocycles. The van der Waals surface area contributed by atoms with Gasteiger partial charge in [-0.25, -0.2) is 0 Å². The molecule has 0 fully saturated rings. The summed E-state index contributed by atoms with van der Waals surface area (Å²) < 4.78 is 0. The molecular weight excluding hydrogens is 270 g/mol. The quantitative estimate of drug-likeness (QED) is 0.351. The molecular formula is C20H41NO. The molecule has 0 heterocycles. The van der Waals surface area contributed by atoms with E-state index in [2.05, 4.69) is 20.8 Å². The van der Waals surface area contributed by atoms with Crippen LogP contribution in [0.2, 0.25) is 0 Å². The summed E-state index contributed by atoms with van der Waals surface area (Å²) >= 11 is 0. The Balaban J connectivity index is 3.04. The Hall–Kier alpha value is -0.530. The Kier molecular flexibility index (Phi) is 13.7. The molecule has 0 aliphatic carbocycles. The van der Waals surface area contributed by atoms with Gasteiger partial charge in [0.05, 0.1) is 0 Å². The van der Waals surface area contributed by atoms with Crippen LogP contribution in [-0.4, -0.2) is 5.91 Å². The van der Waals surface area contributed by atoms with E-state index < -0.39 is 0 Å². The van der Waals surface area contributed by atoms with Crippen molar-refractivity contribution in [3.05, 3.63) is 0 Å². The second-order valence-electron chi connectivity index (χ2n) is 8.12. The molecule has 0 aromatic rings. The lowest BCUT2D eigenvalue weighted by Gasteiger charge is -2.17. The van der Waals surface area contributed by atoms with Gasteiger partial charge >= 0.3 is 0 Å². The van der Waals surface area contributed by atoms with E-state index in [0.29, 0.717) is 11.8 Å². The van der Waals surface area contributed by atoms with E-state index in [-0.39, 0.29) is 5.91 Å². The number of carbonyl (C=O) groups is 1. The lowest BCUT2D eigenvalue weighted by Crippen LogP contribution is -2.09. The maximum absolute atomic E-state index is 10.6. The molecule has 2 nitrogen and oxygen atoms in total. The Labute approximate surface area is 139 Å². The van der Waals surface area contributed by atoms with Gasteiger partial charge in [-0.1, -0.05) is 97.8 Å². The molecule has 0 radical (unpaired) electrons. The van der Waals surface area contributed by atoms with Gasteiger partial charge in [0.15, 0.2) is 0 Å². The number of amides is 1. The summed E-state index contributed by atoms with van der Waals surface area (Å²) in [5, 5.41) is 0. The molecule has 0 saturated carbocycles. The molecule has 0 spiro atoms. The van der Waals surface area contributed by atoms with Crippen molar-refractivity contribution in [2.75, 3.05) is 0 Å². The van der Waals surface area contributed by atoms with Crippen LogP contribution in [-0.2, 0) is 4.79 Å². The largest absolute Gasteiger partial charge is 0.370 e. The number of rotatable bonds is 15. The SMILES string of the molecule is CC(C)(C)CCCCCCCCCCCCCCCC(N)=O. The number of unbranched alkanes of at least 4 members (excludes halogenated alkanes) is 12. The normalized spacial score (nSPS) is 11.8. The fraction of sp³-hybridized carbons (Fsp3) is 0.950. The molecule has 0 unspecified atom stereocenters. The Bertz CT molecular complexity index is 255. The van der Waals surface area contributed by atoms with Crippen LogP contribution >= 0.6 is 0 Å². The first kappa shape index (κ1) is 21.5. The van der Waals surface area contributed by atoms with Gasteiger partial charge in [0.2, 0.25) is 5.91 Å². The van der Waals surface area contributed by atoms with Crippen molar-refractivity contribution in [3.8, 4) is 0 Å². The van der Waals surface area contributed by atoms with Gasteiger partial charge in [-0.3, -0.25) is 4.79 Å². The van der Waals surface area contributed by atoms with Crippen LogP contribution < -0.4 is 5.73 Å². The van der Waals surface area contributed by atoms with Gasteiger partial charge in [0, 0.05) is 6.42 Å². The molecule has 0 aromatic heterocycles. The summed E-state index contributed by atoms with van der Waals surface area (Å²) in [5.41, 5.74) is 5.63. The summed E-state index contributed by atoms with van der Waals surface area (Å²) in [6.07, 6.45) is 19.3. The highest BCUT2D eigenvalue weighted by Crippen LogP contribution is 2.22. The van der Waals surface area contributed by atoms with Gasteiger partial charge < -0.3 is 5.73 Å². The lowest BCUT2D eigenvalue weighted by molar-refractivity contribution is -0.118. The second kappa shape index (κ2) is 14.1. The molecule has 2 N–H and O–H groups in total. The van der Waals surface area contributed by atoms with Crippen molar-refractivity contribution in [2.45, 2.75) is 117 Å². The minimum Gasteiger partial charge on any atom is -0.370 e. The first-order valence-corrected chi connectivity index (χ1v) is 9.70. The third kappa shape index (κ3) is 19.5. The average Bonchev–Trinajstić information content (AvgIpc) is 2.41. The van der Waals surface area contributed by atoms with Crippen molar-refractivity contribution in [1.82, 2.24) is 0 Å². The van der Waals surface area contributed by atoms with Crippen molar-refractivity contribution in [2.24, 2.45) is 11.1 Å². The van der Waals surface area contributed by atoms with E-state index in [1.165, 1.54) is 77.0 Å². The molecule has 0 bridgehead atoms. The Morgan fingerprint density at radius 3 is 1.27 bits per heavy atom. The highest BCUT2D eigenvalue weighted by Gasteiger charge is 2.08. The number of nitrogens with two attached hydrogens (primary N) is 1. The van der Waals surface area contributed by atoms with Gasteiger partial charge in [0.1, 0.15) is 0 Å². The third-order valence-corrected chi connectivity index (χ3v) is 4.35. The maximum Gasteiger partial charge on any atom is 0.217 e. The first-order chi connectivity index (χ1) is 10.4. The number of carbonyl (C=O) groups excluding carboxylic acids is 1. The number of hydrogen-bond donors (Lipinski definition) is 1. The van der Waals surface area contributed by atoms with E-state index in [1.54, 1.807) is 0 Å². The van der Waals surface area contributed by atoms with Crippen molar-refractivity contribution in [3.63, 3.8) is 0 Å². The zero-order valence-electron chi connectivity index (χ0n) is 15.6. The van der Waals surface area contributed by atoms with Crippen LogP contribution in [0.4, 0.5) is 0 Å². The standard InChI is InChI=1S/C20H41NO/c1-20(2,3)18-16-14-12-10-8-6-4-5-7-9-11-13-15-17-19(21)22/h4-18H2,1-3H3,(H2,21,22). The second-order valence-corrected chi connectivity index (χ2v) is 8.12. The van der Waals surface area contributed by atoms with E-state index >= 15 is 0 Å². The predicted molar refractivity (Wildman–Crippen MR) is 97.9 cm³/mol. The topological polar surface area (TPSA) is 43.1 Å². The first-order valence-electron chi connectivity index (χ1n) is 9.70. The molecule has 132 valence electrons. The fourth-order valence-corrected chi connectivity index (χ4v) is 2.90. The highest BCUT2D eigenvalue weighted by molar-refractivity contribution is 5.73. The van der Waals surface area contributed by atoms with E-state index in [1.807, 2.05) is 0 Å². The number of hydrogen-bond acceptors (Lipinski definition) is 1. The summed E-state index contributed by atoms with van der Waals surface area (Å²) in [4.78, 5) is 10.6. The summed E-state index contributed by atoms with van der Waals surface area (Å²) in [7, 11) is 0. The molecule has 0 rings (SSSR count). The van der Waals surface area contributed by atoms with E-state index in [0.717, 1.165) is 12.8 Å². The average molecular weight is 312 g/mol. The van der Waals surface area contributed by atoms with E-state index in [4.69, 9.17) is 5.73 Å². The van der Waals surface area contributed by atoms with Crippen LogP contribution in [0.25, 0.3) is 0 Å². The molecule has 0 saturated heterocycles. The Morgan fingerprint density at radius 1 is 0.636 bits per heavy atom. The molecule has 22 heavy (non-hydrogen) atoms. The van der Waals surface area contributed by atoms with Crippen LogP contribution in [0.3, 0.4) is 0 Å². The monoisotopic (exact) mass is 311 g/mol. The molecule has 2 heteroatoms. The van der Waals surface area contributed by atoms with Gasteiger partial charge in [-0.15, -0.1) is 0 Å². The summed E-state index contributed by atoms with van der Waals surface area (Å²) in [6.45, 7) is 7.01. The predicted octanol–water partition coefficient (Wildman–Crippen LogP) is 6.37. The smallest absolute Gasteiger partial charge is 0.217 e. The lowest BCUT2D eigenvalue weighted by atomic mass is 9.89. The molecule has 0 atom stereocenters. The number of primary amides is 1. The summed E-state index contributed by atoms with van der Waals surface area (Å²) in [5.74, 6) is -0.154. The van der Waals surface area contributed by atoms with Crippen molar-refractivity contribution < 1.29 is 4.79 Å². The minimum atomic E-state index is -0.154. The zero-order valence-corrected chi connectivity index (χ0v) is 15.6.